The minimum absolute atomic E-state index is 1.06. The molecule has 29 heavy (non-hydrogen) atoms. The highest BCUT2D eigenvalue weighted by Crippen LogP contribution is 2.24. The molecular weight excluding hydrogens is 354 g/mol. The van der Waals surface area contributed by atoms with Gasteiger partial charge < -0.3 is 4.98 Å². The van der Waals surface area contributed by atoms with Crippen molar-refractivity contribution in [1.29, 1.82) is 0 Å². The Morgan fingerprint density at radius 3 is 1.66 bits per heavy atom. The van der Waals surface area contributed by atoms with E-state index in [1.54, 1.807) is 12.4 Å². The second-order valence-electron chi connectivity index (χ2n) is 6.44. The van der Waals surface area contributed by atoms with Gasteiger partial charge in [-0.1, -0.05) is 66.7 Å². The molecule has 140 valence electrons. The van der Waals surface area contributed by atoms with Crippen molar-refractivity contribution in [2.24, 2.45) is 0 Å². The fourth-order valence-electron chi connectivity index (χ4n) is 3.13. The van der Waals surface area contributed by atoms with Crippen LogP contribution in [0.15, 0.2) is 122 Å². The maximum atomic E-state index is 4.18. The van der Waals surface area contributed by atoms with E-state index in [2.05, 4.69) is 75.6 Å². The van der Waals surface area contributed by atoms with Crippen LogP contribution in [0.25, 0.3) is 32.7 Å². The molecule has 0 aliphatic rings. The Morgan fingerprint density at radius 2 is 1.07 bits per heavy atom. The summed E-state index contributed by atoms with van der Waals surface area (Å²) in [5.41, 5.74) is 3.48. The number of benzene rings is 3. The van der Waals surface area contributed by atoms with Crippen LogP contribution in [0, 0.1) is 0 Å². The lowest BCUT2D eigenvalue weighted by Crippen LogP contribution is -1.73. The number of para-hydroxylation sites is 3. The molecular formula is C26H21N3. The largest absolute Gasteiger partial charge is 0.355 e. The summed E-state index contributed by atoms with van der Waals surface area (Å²) in [4.78, 5) is 11.3. The van der Waals surface area contributed by atoms with Crippen molar-refractivity contribution < 1.29 is 0 Å². The number of H-pyrrole nitrogens is 1. The molecule has 3 aromatic heterocycles. The van der Waals surface area contributed by atoms with Gasteiger partial charge in [-0.3, -0.25) is 9.97 Å². The van der Waals surface area contributed by atoms with Crippen molar-refractivity contribution in [1.82, 2.24) is 15.0 Å². The van der Waals surface area contributed by atoms with Crippen molar-refractivity contribution in [2.75, 3.05) is 0 Å². The highest BCUT2D eigenvalue weighted by molar-refractivity contribution is 6.06. The summed E-state index contributed by atoms with van der Waals surface area (Å²) in [6.45, 7) is 0. The number of pyridine rings is 2. The zero-order chi connectivity index (χ0) is 19.7. The summed E-state index contributed by atoms with van der Waals surface area (Å²) in [6, 6.07) is 34.6. The van der Waals surface area contributed by atoms with Crippen molar-refractivity contribution in [3.63, 3.8) is 0 Å². The van der Waals surface area contributed by atoms with Crippen molar-refractivity contribution in [3.8, 4) is 0 Å². The van der Waals surface area contributed by atoms with E-state index in [-0.39, 0.29) is 0 Å². The molecule has 0 radical (unpaired) electrons. The van der Waals surface area contributed by atoms with Gasteiger partial charge in [0.05, 0.1) is 5.52 Å². The van der Waals surface area contributed by atoms with Gasteiger partial charge >= 0.3 is 0 Å². The molecule has 3 nitrogen and oxygen atoms in total. The van der Waals surface area contributed by atoms with E-state index in [4.69, 9.17) is 0 Å². The van der Waals surface area contributed by atoms with E-state index in [1.807, 2.05) is 48.7 Å². The monoisotopic (exact) mass is 375 g/mol. The van der Waals surface area contributed by atoms with E-state index in [9.17, 15) is 0 Å². The van der Waals surface area contributed by atoms with Crippen LogP contribution in [0.5, 0.6) is 0 Å². The smallest absolute Gasteiger partial charge is 0.0701 e. The van der Waals surface area contributed by atoms with Crippen LogP contribution in [0.4, 0.5) is 0 Å². The summed E-state index contributed by atoms with van der Waals surface area (Å²) >= 11 is 0. The first-order valence-corrected chi connectivity index (χ1v) is 9.52. The lowest BCUT2D eigenvalue weighted by molar-refractivity contribution is 1.33. The van der Waals surface area contributed by atoms with Crippen molar-refractivity contribution in [2.45, 2.75) is 0 Å². The van der Waals surface area contributed by atoms with Crippen LogP contribution in [0.2, 0.25) is 0 Å². The third kappa shape index (κ3) is 4.66. The van der Waals surface area contributed by atoms with E-state index in [0.29, 0.717) is 0 Å². The summed E-state index contributed by atoms with van der Waals surface area (Å²) < 4.78 is 0. The number of fused-ring (bicyclic) bond motifs is 4. The first-order chi connectivity index (χ1) is 14.4. The minimum atomic E-state index is 1.06. The fraction of sp³-hybridized carbons (Fsp3) is 0. The van der Waals surface area contributed by atoms with Crippen LogP contribution in [0.1, 0.15) is 0 Å². The molecule has 0 amide bonds. The summed E-state index contributed by atoms with van der Waals surface area (Å²) in [5.74, 6) is 0. The van der Waals surface area contributed by atoms with Gasteiger partial charge in [0.1, 0.15) is 0 Å². The molecule has 0 bridgehead atoms. The van der Waals surface area contributed by atoms with Gasteiger partial charge in [-0.15, -0.1) is 0 Å². The maximum absolute atomic E-state index is 4.18. The molecule has 1 N–H and O–H groups in total. The van der Waals surface area contributed by atoms with E-state index in [1.165, 1.54) is 27.2 Å². The molecule has 0 saturated carbocycles. The van der Waals surface area contributed by atoms with Gasteiger partial charge in [-0.05, 0) is 36.4 Å². The van der Waals surface area contributed by atoms with Gasteiger partial charge in [0.2, 0.25) is 0 Å². The highest BCUT2D eigenvalue weighted by atomic mass is 14.7. The Bertz CT molecular complexity index is 1160. The zero-order valence-corrected chi connectivity index (χ0v) is 15.9. The third-order valence-electron chi connectivity index (χ3n) is 4.49. The second kappa shape index (κ2) is 9.29. The SMILES string of the molecule is c1ccc2c(c1)[nH]c1ccccc12.c1ccc2ncccc2c1.c1ccncc1. The summed E-state index contributed by atoms with van der Waals surface area (Å²) in [7, 11) is 0. The quantitative estimate of drug-likeness (QED) is 0.323. The number of rotatable bonds is 0. The number of nitrogens with one attached hydrogen (secondary N) is 1. The summed E-state index contributed by atoms with van der Waals surface area (Å²) in [5, 5.41) is 3.81. The molecule has 0 fully saturated rings. The molecule has 3 heterocycles. The lowest BCUT2D eigenvalue weighted by atomic mass is 10.2. The normalized spacial score (nSPS) is 10.1. The van der Waals surface area contributed by atoms with Crippen LogP contribution >= 0.6 is 0 Å². The molecule has 6 rings (SSSR count). The van der Waals surface area contributed by atoms with E-state index < -0.39 is 0 Å². The fourth-order valence-corrected chi connectivity index (χ4v) is 3.13. The van der Waals surface area contributed by atoms with Crippen molar-refractivity contribution in [3.05, 3.63) is 122 Å². The number of aromatic amines is 1. The van der Waals surface area contributed by atoms with E-state index in [0.717, 1.165) is 5.52 Å². The van der Waals surface area contributed by atoms with Gasteiger partial charge in [0.15, 0.2) is 0 Å². The summed E-state index contributed by atoms with van der Waals surface area (Å²) in [6.07, 6.45) is 5.31. The minimum Gasteiger partial charge on any atom is -0.355 e. The topological polar surface area (TPSA) is 41.6 Å². The first kappa shape index (κ1) is 18.4. The van der Waals surface area contributed by atoms with Crippen LogP contribution < -0.4 is 0 Å². The maximum Gasteiger partial charge on any atom is 0.0701 e. The molecule has 0 aliphatic carbocycles. The average Bonchev–Trinajstić information content (AvgIpc) is 3.20. The standard InChI is InChI=1S/C12H9N.C9H7N.C5H5N/c1-3-7-11-9(5-1)10-6-2-4-8-12(10)13-11;1-2-6-9-8(4-1)5-3-7-10-9;1-2-4-6-5-3-1/h1-8,13H;1-7H;1-5H. The van der Waals surface area contributed by atoms with Gasteiger partial charge in [-0.2, -0.15) is 0 Å². The highest BCUT2D eigenvalue weighted by Gasteiger charge is 2.00. The van der Waals surface area contributed by atoms with Crippen LogP contribution in [-0.4, -0.2) is 15.0 Å². The number of hydrogen-bond donors (Lipinski definition) is 1. The Hall–Kier alpha value is -3.98. The Balaban J connectivity index is 0.000000114. The van der Waals surface area contributed by atoms with Crippen LogP contribution in [-0.2, 0) is 0 Å². The average molecular weight is 375 g/mol. The Morgan fingerprint density at radius 1 is 0.483 bits per heavy atom. The number of nitrogens with zero attached hydrogens (tertiary/aromatic N) is 2. The predicted molar refractivity (Wildman–Crippen MR) is 122 cm³/mol. The molecule has 3 aromatic carbocycles. The number of aromatic nitrogens is 3. The molecule has 0 aliphatic heterocycles. The lowest BCUT2D eigenvalue weighted by Gasteiger charge is -1.91. The first-order valence-electron chi connectivity index (χ1n) is 9.52. The molecule has 0 spiro atoms. The third-order valence-corrected chi connectivity index (χ3v) is 4.49. The van der Waals surface area contributed by atoms with Crippen LogP contribution in [0.3, 0.4) is 0 Å². The van der Waals surface area contributed by atoms with E-state index >= 15 is 0 Å². The number of hydrogen-bond acceptors (Lipinski definition) is 2. The molecule has 0 saturated heterocycles. The molecule has 6 aromatic rings. The zero-order valence-electron chi connectivity index (χ0n) is 15.9. The van der Waals surface area contributed by atoms with Gasteiger partial charge in [0.25, 0.3) is 0 Å². The second-order valence-corrected chi connectivity index (χ2v) is 6.44. The Labute approximate surface area is 169 Å². The molecule has 0 atom stereocenters. The van der Waals surface area contributed by atoms with Gasteiger partial charge in [-0.25, -0.2) is 0 Å². The van der Waals surface area contributed by atoms with Gasteiger partial charge in [0, 0.05) is 45.8 Å². The van der Waals surface area contributed by atoms with Crippen molar-refractivity contribution >= 4 is 32.7 Å². The Kier molecular flexibility index (Phi) is 5.89. The molecule has 3 heteroatoms. The molecule has 0 unspecified atom stereocenters. The predicted octanol–water partition coefficient (Wildman–Crippen LogP) is 6.64.